The van der Waals surface area contributed by atoms with Gasteiger partial charge in [0.15, 0.2) is 0 Å². The third-order valence-electron chi connectivity index (χ3n) is 3.32. The second-order valence-electron chi connectivity index (χ2n) is 5.36. The molecule has 1 aliphatic rings. The van der Waals surface area contributed by atoms with E-state index >= 15 is 0 Å². The van der Waals surface area contributed by atoms with Crippen LogP contribution in [0.4, 0.5) is 5.82 Å². The van der Waals surface area contributed by atoms with Crippen molar-refractivity contribution in [1.29, 1.82) is 0 Å². The van der Waals surface area contributed by atoms with E-state index < -0.39 is 10.0 Å². The minimum absolute atomic E-state index is 0.104. The lowest BCUT2D eigenvalue weighted by atomic mass is 10.3. The molecule has 0 saturated carbocycles. The second-order valence-corrected chi connectivity index (χ2v) is 7.26. The Bertz CT molecular complexity index is 567. The Hall–Kier alpha value is -1.18. The lowest BCUT2D eigenvalue weighted by Crippen LogP contribution is -2.48. The summed E-state index contributed by atoms with van der Waals surface area (Å²) in [6.07, 6.45) is 2.29. The van der Waals surface area contributed by atoms with E-state index in [4.69, 9.17) is 4.74 Å². The molecule has 2 heterocycles. The first-order valence-electron chi connectivity index (χ1n) is 7.29. The molecule has 2 unspecified atom stereocenters. The third-order valence-corrected chi connectivity index (χ3v) is 5.18. The van der Waals surface area contributed by atoms with E-state index in [1.807, 2.05) is 20.8 Å². The Balaban J connectivity index is 2.31. The van der Waals surface area contributed by atoms with Crippen LogP contribution in [-0.2, 0) is 14.8 Å². The Morgan fingerprint density at radius 3 is 2.67 bits per heavy atom. The molecule has 6 nitrogen and oxygen atoms in total. The molecule has 1 aliphatic heterocycles. The maximum atomic E-state index is 12.9. The van der Waals surface area contributed by atoms with E-state index in [0.717, 1.165) is 6.42 Å². The Morgan fingerprint density at radius 2 is 2.05 bits per heavy atom. The topological polar surface area (TPSA) is 71.5 Å². The minimum atomic E-state index is -3.56. The Morgan fingerprint density at radius 1 is 1.38 bits per heavy atom. The number of nitrogens with one attached hydrogen (secondary N) is 1. The maximum absolute atomic E-state index is 12.9. The van der Waals surface area contributed by atoms with Crippen LogP contribution in [0.5, 0.6) is 0 Å². The highest BCUT2D eigenvalue weighted by Crippen LogP contribution is 2.25. The highest BCUT2D eigenvalue weighted by atomic mass is 32.2. The summed E-state index contributed by atoms with van der Waals surface area (Å²) in [5.41, 5.74) is 0. The van der Waals surface area contributed by atoms with Gasteiger partial charge in [-0.3, -0.25) is 0 Å². The normalized spacial score (nSPS) is 24.0. The van der Waals surface area contributed by atoms with Crippen molar-refractivity contribution in [2.45, 2.75) is 44.3 Å². The molecule has 2 rings (SSSR count). The fraction of sp³-hybridized carbons (Fsp3) is 0.643. The van der Waals surface area contributed by atoms with Gasteiger partial charge in [-0.05, 0) is 32.4 Å². The number of hydrogen-bond donors (Lipinski definition) is 1. The highest BCUT2D eigenvalue weighted by molar-refractivity contribution is 7.89. The summed E-state index contributed by atoms with van der Waals surface area (Å²) in [6, 6.07) is 3.25. The quantitative estimate of drug-likeness (QED) is 0.896. The molecule has 0 bridgehead atoms. The van der Waals surface area contributed by atoms with Crippen LogP contribution >= 0.6 is 0 Å². The summed E-state index contributed by atoms with van der Waals surface area (Å²) in [7, 11) is -3.56. The molecule has 1 fully saturated rings. The van der Waals surface area contributed by atoms with E-state index in [1.54, 1.807) is 18.3 Å². The summed E-state index contributed by atoms with van der Waals surface area (Å²) in [5, 5.41) is 3.08. The number of ether oxygens (including phenoxy) is 1. The number of anilines is 1. The van der Waals surface area contributed by atoms with Gasteiger partial charge in [-0.15, -0.1) is 0 Å². The average molecular weight is 313 g/mol. The number of morpholine rings is 1. The van der Waals surface area contributed by atoms with E-state index in [9.17, 15) is 8.42 Å². The summed E-state index contributed by atoms with van der Waals surface area (Å²) in [4.78, 5) is 4.40. The van der Waals surface area contributed by atoms with E-state index in [-0.39, 0.29) is 17.1 Å². The fourth-order valence-corrected chi connectivity index (χ4v) is 4.15. The minimum Gasteiger partial charge on any atom is -0.373 e. The molecule has 0 aromatic carbocycles. The predicted molar refractivity (Wildman–Crippen MR) is 81.8 cm³/mol. The van der Waals surface area contributed by atoms with E-state index in [1.165, 1.54) is 4.31 Å². The molecule has 7 heteroatoms. The van der Waals surface area contributed by atoms with Gasteiger partial charge >= 0.3 is 0 Å². The number of nitrogens with zero attached hydrogens (tertiary/aromatic N) is 2. The molecular formula is C14H23N3O3S. The number of sulfonamides is 1. The third kappa shape index (κ3) is 3.72. The van der Waals surface area contributed by atoms with Gasteiger partial charge in [0.1, 0.15) is 10.7 Å². The number of pyridine rings is 1. The van der Waals surface area contributed by atoms with Crippen LogP contribution < -0.4 is 5.32 Å². The van der Waals surface area contributed by atoms with Crippen molar-refractivity contribution in [3.05, 3.63) is 18.3 Å². The van der Waals surface area contributed by atoms with Gasteiger partial charge in [-0.2, -0.15) is 4.31 Å². The van der Waals surface area contributed by atoms with Crippen molar-refractivity contribution >= 4 is 15.8 Å². The van der Waals surface area contributed by atoms with Gasteiger partial charge in [0.2, 0.25) is 10.0 Å². The van der Waals surface area contributed by atoms with Crippen LogP contribution in [0.2, 0.25) is 0 Å². The first-order valence-corrected chi connectivity index (χ1v) is 8.73. The maximum Gasteiger partial charge on any atom is 0.246 e. The molecule has 0 radical (unpaired) electrons. The van der Waals surface area contributed by atoms with Crippen LogP contribution in [0.3, 0.4) is 0 Å². The Kier molecular flexibility index (Phi) is 5.18. The monoisotopic (exact) mass is 313 g/mol. The lowest BCUT2D eigenvalue weighted by molar-refractivity contribution is -0.0440. The first kappa shape index (κ1) is 16.2. The number of rotatable bonds is 5. The van der Waals surface area contributed by atoms with Gasteiger partial charge in [0.25, 0.3) is 0 Å². The van der Waals surface area contributed by atoms with Crippen molar-refractivity contribution in [2.24, 2.45) is 0 Å². The van der Waals surface area contributed by atoms with Crippen molar-refractivity contribution < 1.29 is 13.2 Å². The zero-order valence-electron chi connectivity index (χ0n) is 12.7. The summed E-state index contributed by atoms with van der Waals surface area (Å²) in [5.74, 6) is 0.422. The van der Waals surface area contributed by atoms with Gasteiger partial charge in [0, 0.05) is 25.8 Å². The molecule has 1 aromatic rings. The number of aromatic nitrogens is 1. The molecule has 2 atom stereocenters. The SMILES string of the molecule is CCCNc1ncccc1S(=O)(=O)N1CC(C)OC(C)C1. The van der Waals surface area contributed by atoms with E-state index in [0.29, 0.717) is 25.5 Å². The summed E-state index contributed by atoms with van der Waals surface area (Å²) >= 11 is 0. The van der Waals surface area contributed by atoms with Crippen molar-refractivity contribution in [3.63, 3.8) is 0 Å². The molecule has 0 amide bonds. The molecule has 118 valence electrons. The standard InChI is InChI=1S/C14H23N3O3S/c1-4-7-15-14-13(6-5-8-16-14)21(18,19)17-9-11(2)20-12(3)10-17/h5-6,8,11-12H,4,7,9-10H2,1-3H3,(H,15,16). The van der Waals surface area contributed by atoms with Gasteiger partial charge in [-0.1, -0.05) is 6.92 Å². The molecule has 21 heavy (non-hydrogen) atoms. The lowest BCUT2D eigenvalue weighted by Gasteiger charge is -2.34. The first-order chi connectivity index (χ1) is 9.95. The molecule has 1 saturated heterocycles. The largest absolute Gasteiger partial charge is 0.373 e. The van der Waals surface area contributed by atoms with Crippen molar-refractivity contribution in [2.75, 3.05) is 25.0 Å². The number of hydrogen-bond acceptors (Lipinski definition) is 5. The van der Waals surface area contributed by atoms with Gasteiger partial charge in [-0.25, -0.2) is 13.4 Å². The summed E-state index contributed by atoms with van der Waals surface area (Å²) in [6.45, 7) is 7.23. The van der Waals surface area contributed by atoms with E-state index in [2.05, 4.69) is 10.3 Å². The average Bonchev–Trinajstić information content (AvgIpc) is 2.44. The van der Waals surface area contributed by atoms with Crippen LogP contribution in [0.15, 0.2) is 23.2 Å². The molecule has 0 aliphatic carbocycles. The zero-order chi connectivity index (χ0) is 15.5. The van der Waals surface area contributed by atoms with Gasteiger partial charge in [0.05, 0.1) is 12.2 Å². The molecule has 1 aromatic heterocycles. The second kappa shape index (κ2) is 6.72. The highest BCUT2D eigenvalue weighted by Gasteiger charge is 2.33. The summed E-state index contributed by atoms with van der Waals surface area (Å²) < 4.78 is 32.8. The van der Waals surface area contributed by atoms with Crippen LogP contribution in [-0.4, -0.2) is 49.5 Å². The van der Waals surface area contributed by atoms with Crippen LogP contribution in [0, 0.1) is 0 Å². The van der Waals surface area contributed by atoms with Gasteiger partial charge < -0.3 is 10.1 Å². The molecule has 0 spiro atoms. The smallest absolute Gasteiger partial charge is 0.246 e. The fourth-order valence-electron chi connectivity index (χ4n) is 2.44. The van der Waals surface area contributed by atoms with Crippen molar-refractivity contribution in [3.8, 4) is 0 Å². The Labute approximate surface area is 126 Å². The molecular weight excluding hydrogens is 290 g/mol. The van der Waals surface area contributed by atoms with Crippen molar-refractivity contribution in [1.82, 2.24) is 9.29 Å². The van der Waals surface area contributed by atoms with Crippen LogP contribution in [0.25, 0.3) is 0 Å². The van der Waals surface area contributed by atoms with Crippen LogP contribution in [0.1, 0.15) is 27.2 Å². The predicted octanol–water partition coefficient (Wildman–Crippen LogP) is 1.70. The molecule has 1 N–H and O–H groups in total. The zero-order valence-corrected chi connectivity index (χ0v) is 13.6.